The van der Waals surface area contributed by atoms with Gasteiger partial charge in [-0.3, -0.25) is 9.78 Å². The van der Waals surface area contributed by atoms with Crippen molar-refractivity contribution >= 4 is 40.0 Å². The van der Waals surface area contributed by atoms with Gasteiger partial charge < -0.3 is 14.6 Å². The molecule has 168 valence electrons. The van der Waals surface area contributed by atoms with Crippen molar-refractivity contribution in [1.82, 2.24) is 19.7 Å². The average Bonchev–Trinajstić information content (AvgIpc) is 3.44. The van der Waals surface area contributed by atoms with Crippen LogP contribution in [-0.2, 0) is 16.1 Å². The maximum atomic E-state index is 12.7. The number of anilines is 1. The lowest BCUT2D eigenvalue weighted by molar-refractivity contribution is -0.113. The van der Waals surface area contributed by atoms with Crippen molar-refractivity contribution in [3.63, 3.8) is 0 Å². The normalized spacial score (nSPS) is 13.2. The number of carbonyl (C=O) groups is 2. The Kier molecular flexibility index (Phi) is 7.21. The molecule has 0 unspecified atom stereocenters. The van der Waals surface area contributed by atoms with Crippen LogP contribution >= 0.6 is 23.1 Å². The van der Waals surface area contributed by atoms with Gasteiger partial charge in [-0.2, -0.15) is 0 Å². The maximum absolute atomic E-state index is 12.7. The Hall–Kier alpha value is -2.72. The Morgan fingerprint density at radius 3 is 2.72 bits per heavy atom. The number of ether oxygens (including phenoxy) is 1. The van der Waals surface area contributed by atoms with Crippen LogP contribution in [0.4, 0.5) is 5.00 Å². The lowest BCUT2D eigenvalue weighted by Crippen LogP contribution is -2.17. The van der Waals surface area contributed by atoms with Gasteiger partial charge in [0.1, 0.15) is 5.00 Å². The molecule has 1 N–H and O–H groups in total. The van der Waals surface area contributed by atoms with Crippen LogP contribution in [0.25, 0.3) is 11.4 Å². The van der Waals surface area contributed by atoms with Crippen molar-refractivity contribution in [2.24, 2.45) is 0 Å². The molecule has 4 rings (SSSR count). The third kappa shape index (κ3) is 5.02. The van der Waals surface area contributed by atoms with Crippen molar-refractivity contribution in [3.05, 3.63) is 41.0 Å². The third-order valence-electron chi connectivity index (χ3n) is 5.00. The number of thioether (sulfide) groups is 1. The molecule has 0 spiro atoms. The van der Waals surface area contributed by atoms with Gasteiger partial charge >= 0.3 is 5.97 Å². The molecule has 8 nitrogen and oxygen atoms in total. The van der Waals surface area contributed by atoms with E-state index in [4.69, 9.17) is 4.74 Å². The molecule has 3 aromatic heterocycles. The lowest BCUT2D eigenvalue weighted by Gasteiger charge is -2.10. The summed E-state index contributed by atoms with van der Waals surface area (Å²) in [5, 5.41) is 14.7. The Morgan fingerprint density at radius 2 is 2.03 bits per heavy atom. The zero-order valence-electron chi connectivity index (χ0n) is 18.0. The van der Waals surface area contributed by atoms with E-state index in [2.05, 4.69) is 27.4 Å². The predicted octanol–water partition coefficient (Wildman–Crippen LogP) is 4.60. The highest BCUT2D eigenvalue weighted by atomic mass is 32.2. The van der Waals surface area contributed by atoms with E-state index < -0.39 is 0 Å². The van der Waals surface area contributed by atoms with Gasteiger partial charge in [0.25, 0.3) is 0 Å². The Bertz CT molecular complexity index is 1090. The minimum Gasteiger partial charge on any atom is -0.462 e. The molecular weight excluding hydrogens is 446 g/mol. The van der Waals surface area contributed by atoms with Crippen molar-refractivity contribution in [2.45, 2.75) is 50.7 Å². The summed E-state index contributed by atoms with van der Waals surface area (Å²) in [4.78, 5) is 29.3. The number of rotatable bonds is 10. The second-order valence-electron chi connectivity index (χ2n) is 7.42. The highest BCUT2D eigenvalue weighted by molar-refractivity contribution is 7.99. The van der Waals surface area contributed by atoms with Crippen LogP contribution in [0.3, 0.4) is 0 Å². The third-order valence-corrected chi connectivity index (χ3v) is 6.88. The second-order valence-corrected chi connectivity index (χ2v) is 9.24. The number of nitrogens with zero attached hydrogens (tertiary/aromatic N) is 4. The molecule has 0 bridgehead atoms. The van der Waals surface area contributed by atoms with Gasteiger partial charge in [0, 0.05) is 24.5 Å². The number of nitrogens with one attached hydrogen (secondary N) is 1. The molecule has 3 aromatic rings. The van der Waals surface area contributed by atoms with Crippen molar-refractivity contribution in [2.75, 3.05) is 17.7 Å². The predicted molar refractivity (Wildman–Crippen MR) is 125 cm³/mol. The minimum absolute atomic E-state index is 0.164. The number of esters is 1. The number of carbonyl (C=O) groups excluding carboxylic acids is 2. The van der Waals surface area contributed by atoms with Crippen LogP contribution in [0.1, 0.15) is 54.9 Å². The Balaban J connectivity index is 1.46. The molecule has 3 heterocycles. The zero-order chi connectivity index (χ0) is 22.5. The summed E-state index contributed by atoms with van der Waals surface area (Å²) in [6.07, 6.45) is 6.49. The number of thiophene rings is 1. The van der Waals surface area contributed by atoms with E-state index in [1.807, 2.05) is 22.1 Å². The van der Waals surface area contributed by atoms with Gasteiger partial charge in [0.2, 0.25) is 5.91 Å². The summed E-state index contributed by atoms with van der Waals surface area (Å²) in [7, 11) is 0. The SMILES string of the molecule is CCCn1c(SCC(=O)Nc2scc(C3CC3)c2C(=O)OCC)nnc1-c1ccncc1. The van der Waals surface area contributed by atoms with Gasteiger partial charge in [-0.15, -0.1) is 21.5 Å². The number of hydrogen-bond acceptors (Lipinski definition) is 8. The monoisotopic (exact) mass is 471 g/mol. The van der Waals surface area contributed by atoms with Crippen molar-refractivity contribution in [1.29, 1.82) is 0 Å². The van der Waals surface area contributed by atoms with Crippen LogP contribution in [0.2, 0.25) is 0 Å². The van der Waals surface area contributed by atoms with Crippen LogP contribution < -0.4 is 5.32 Å². The largest absolute Gasteiger partial charge is 0.462 e. The molecule has 0 aromatic carbocycles. The molecule has 1 aliphatic carbocycles. The molecule has 0 saturated heterocycles. The van der Waals surface area contributed by atoms with E-state index in [9.17, 15) is 9.59 Å². The van der Waals surface area contributed by atoms with E-state index in [-0.39, 0.29) is 17.6 Å². The van der Waals surface area contributed by atoms with Crippen molar-refractivity contribution in [3.8, 4) is 11.4 Å². The molecular formula is C22H25N5O3S2. The summed E-state index contributed by atoms with van der Waals surface area (Å²) >= 11 is 2.71. The smallest absolute Gasteiger partial charge is 0.341 e. The first-order valence-corrected chi connectivity index (χ1v) is 12.5. The molecule has 1 aliphatic rings. The first-order valence-electron chi connectivity index (χ1n) is 10.7. The zero-order valence-corrected chi connectivity index (χ0v) is 19.7. The maximum Gasteiger partial charge on any atom is 0.341 e. The van der Waals surface area contributed by atoms with Crippen LogP contribution in [0.5, 0.6) is 0 Å². The summed E-state index contributed by atoms with van der Waals surface area (Å²) < 4.78 is 7.25. The fourth-order valence-electron chi connectivity index (χ4n) is 3.40. The fourth-order valence-corrected chi connectivity index (χ4v) is 5.21. The second kappa shape index (κ2) is 10.3. The standard InChI is InChI=1S/C22H25N5O3S2/c1-3-11-27-19(15-7-9-23-10-8-15)25-26-22(27)32-13-17(28)24-20-18(21(29)30-4-2)16(12-31-20)14-5-6-14/h7-10,12,14H,3-6,11,13H2,1-2H3,(H,24,28). The van der Waals surface area contributed by atoms with Crippen LogP contribution in [0, 0.1) is 0 Å². The Morgan fingerprint density at radius 1 is 1.25 bits per heavy atom. The number of amides is 1. The van der Waals surface area contributed by atoms with Crippen LogP contribution in [-0.4, -0.2) is 44.0 Å². The molecule has 0 aliphatic heterocycles. The van der Waals surface area contributed by atoms with Gasteiger partial charge in [-0.25, -0.2) is 4.79 Å². The highest BCUT2D eigenvalue weighted by Gasteiger charge is 2.32. The summed E-state index contributed by atoms with van der Waals surface area (Å²) in [5.74, 6) is 0.750. The van der Waals surface area contributed by atoms with E-state index in [0.717, 1.165) is 42.8 Å². The van der Waals surface area contributed by atoms with E-state index in [1.54, 1.807) is 19.3 Å². The molecule has 0 atom stereocenters. The van der Waals surface area contributed by atoms with Crippen molar-refractivity contribution < 1.29 is 14.3 Å². The molecule has 1 saturated carbocycles. The number of aromatic nitrogens is 4. The molecule has 1 fully saturated rings. The van der Waals surface area contributed by atoms with E-state index in [1.165, 1.54) is 23.1 Å². The van der Waals surface area contributed by atoms with E-state index in [0.29, 0.717) is 28.2 Å². The summed E-state index contributed by atoms with van der Waals surface area (Å²) in [6.45, 7) is 4.91. The fraction of sp³-hybridized carbons (Fsp3) is 0.409. The average molecular weight is 472 g/mol. The Labute approximate surface area is 194 Å². The molecule has 0 radical (unpaired) electrons. The first-order chi connectivity index (χ1) is 15.6. The summed E-state index contributed by atoms with van der Waals surface area (Å²) in [6, 6.07) is 3.78. The van der Waals surface area contributed by atoms with Gasteiger partial charge in [-0.05, 0) is 55.2 Å². The lowest BCUT2D eigenvalue weighted by atomic mass is 10.1. The van der Waals surface area contributed by atoms with E-state index >= 15 is 0 Å². The van der Waals surface area contributed by atoms with Gasteiger partial charge in [0.15, 0.2) is 11.0 Å². The van der Waals surface area contributed by atoms with Gasteiger partial charge in [-0.1, -0.05) is 18.7 Å². The topological polar surface area (TPSA) is 99.0 Å². The number of pyridine rings is 1. The quantitative estimate of drug-likeness (QED) is 0.341. The molecule has 10 heteroatoms. The summed E-state index contributed by atoms with van der Waals surface area (Å²) in [5.41, 5.74) is 2.43. The minimum atomic E-state index is -0.372. The number of hydrogen-bond donors (Lipinski definition) is 1. The molecule has 32 heavy (non-hydrogen) atoms. The first kappa shape index (κ1) is 22.5. The molecule has 1 amide bonds. The van der Waals surface area contributed by atoms with Gasteiger partial charge in [0.05, 0.1) is 17.9 Å². The highest BCUT2D eigenvalue weighted by Crippen LogP contribution is 2.46. The van der Waals surface area contributed by atoms with Crippen LogP contribution in [0.15, 0.2) is 35.1 Å².